The lowest BCUT2D eigenvalue weighted by molar-refractivity contribution is 0.109. The fourth-order valence-corrected chi connectivity index (χ4v) is 4.74. The van der Waals surface area contributed by atoms with Crippen molar-refractivity contribution in [2.75, 3.05) is 18.5 Å². The third kappa shape index (κ3) is 4.18. The number of aromatic nitrogens is 3. The van der Waals surface area contributed by atoms with E-state index in [-0.39, 0.29) is 0 Å². The Balaban J connectivity index is 1.44. The Morgan fingerprint density at radius 1 is 0.914 bits per heavy atom. The first-order valence-corrected chi connectivity index (χ1v) is 12.0. The minimum atomic E-state index is 0.501. The number of para-hydroxylation sites is 1. The second-order valence-electron chi connectivity index (χ2n) is 8.75. The summed E-state index contributed by atoms with van der Waals surface area (Å²) in [6.45, 7) is 1.76. The van der Waals surface area contributed by atoms with E-state index >= 15 is 0 Å². The Labute approximate surface area is 204 Å². The molecule has 6 rings (SSSR count). The summed E-state index contributed by atoms with van der Waals surface area (Å²) in [4.78, 5) is 9.98. The van der Waals surface area contributed by atoms with Gasteiger partial charge in [0, 0.05) is 29.3 Å². The Hall–Kier alpha value is -4.00. The predicted octanol–water partition coefficient (Wildman–Crippen LogP) is 5.41. The highest BCUT2D eigenvalue weighted by molar-refractivity contribution is 5.85. The highest BCUT2D eigenvalue weighted by Gasteiger charge is 2.21. The first-order chi connectivity index (χ1) is 17.3. The van der Waals surface area contributed by atoms with Gasteiger partial charge in [-0.2, -0.15) is 4.98 Å². The van der Waals surface area contributed by atoms with Crippen molar-refractivity contribution >= 4 is 22.4 Å². The number of rotatable bonds is 6. The molecule has 0 atom stereocenters. The van der Waals surface area contributed by atoms with E-state index in [9.17, 15) is 0 Å². The van der Waals surface area contributed by atoms with Crippen LogP contribution in [-0.2, 0) is 24.2 Å². The molecular weight excluding hydrogens is 434 g/mol. The third-order valence-electron chi connectivity index (χ3n) is 6.47. The number of anilines is 2. The lowest BCUT2D eigenvalue weighted by Crippen LogP contribution is -2.17. The van der Waals surface area contributed by atoms with E-state index in [1.165, 1.54) is 16.5 Å². The van der Waals surface area contributed by atoms with Gasteiger partial charge in [-0.1, -0.05) is 60.7 Å². The van der Waals surface area contributed by atoms with Gasteiger partial charge in [0.25, 0.3) is 0 Å². The monoisotopic (exact) mass is 461 g/mol. The maximum absolute atomic E-state index is 5.89. The molecule has 0 bridgehead atoms. The van der Waals surface area contributed by atoms with Crippen LogP contribution in [0.15, 0.2) is 85.1 Å². The molecule has 0 radical (unpaired) electrons. The topological polar surface area (TPSA) is 78.0 Å². The molecule has 0 saturated heterocycles. The van der Waals surface area contributed by atoms with E-state index in [2.05, 4.69) is 82.8 Å². The van der Waals surface area contributed by atoms with E-state index in [1.807, 2.05) is 12.1 Å². The fourth-order valence-electron chi connectivity index (χ4n) is 4.74. The fraction of sp³-hybridized carbons (Fsp3) is 0.172. The molecule has 0 amide bonds. The van der Waals surface area contributed by atoms with Crippen molar-refractivity contribution in [3.05, 3.63) is 102 Å². The summed E-state index contributed by atoms with van der Waals surface area (Å²) in [5.74, 6) is 1.44. The van der Waals surface area contributed by atoms with Crippen molar-refractivity contribution in [3.8, 4) is 17.1 Å². The van der Waals surface area contributed by atoms with Crippen molar-refractivity contribution in [2.45, 2.75) is 19.4 Å². The lowest BCUT2D eigenvalue weighted by atomic mass is 10.1. The second-order valence-corrected chi connectivity index (χ2v) is 8.75. The molecular formula is C29H27N5O. The number of benzene rings is 3. The average Bonchev–Trinajstić information content (AvgIpc) is 3.28. The van der Waals surface area contributed by atoms with Gasteiger partial charge in [-0.25, -0.2) is 4.98 Å². The number of hydrogen-bond acceptors (Lipinski definition) is 5. The van der Waals surface area contributed by atoms with Crippen LogP contribution in [0.1, 0.15) is 16.8 Å². The summed E-state index contributed by atoms with van der Waals surface area (Å²) >= 11 is 0. The zero-order chi connectivity index (χ0) is 23.6. The van der Waals surface area contributed by atoms with Crippen LogP contribution in [0.25, 0.3) is 28.0 Å². The molecule has 3 N–H and O–H groups in total. The van der Waals surface area contributed by atoms with Crippen molar-refractivity contribution in [1.82, 2.24) is 14.5 Å². The average molecular weight is 462 g/mol. The molecule has 0 saturated carbocycles. The van der Waals surface area contributed by atoms with Crippen LogP contribution in [0.2, 0.25) is 0 Å². The van der Waals surface area contributed by atoms with Crippen LogP contribution in [0.3, 0.4) is 0 Å². The summed E-state index contributed by atoms with van der Waals surface area (Å²) < 4.78 is 7.86. The third-order valence-corrected chi connectivity index (χ3v) is 6.47. The second kappa shape index (κ2) is 9.33. The van der Waals surface area contributed by atoms with Crippen molar-refractivity contribution < 1.29 is 4.74 Å². The SMILES string of the molecule is NCCc1cn(-c2nc3c(c(Nc4cccc(-c5ccccc5)c4)n2)COCC3)c2ccccc12. The van der Waals surface area contributed by atoms with E-state index in [0.29, 0.717) is 25.7 Å². The van der Waals surface area contributed by atoms with Crippen molar-refractivity contribution in [1.29, 1.82) is 0 Å². The van der Waals surface area contributed by atoms with Crippen molar-refractivity contribution in [2.24, 2.45) is 5.73 Å². The smallest absolute Gasteiger partial charge is 0.236 e. The van der Waals surface area contributed by atoms with Gasteiger partial charge in [0.15, 0.2) is 0 Å². The number of hydrogen-bond donors (Lipinski definition) is 2. The molecule has 0 unspecified atom stereocenters. The number of nitrogens with one attached hydrogen (secondary N) is 1. The highest BCUT2D eigenvalue weighted by atomic mass is 16.5. The number of fused-ring (bicyclic) bond motifs is 2. The largest absolute Gasteiger partial charge is 0.376 e. The minimum Gasteiger partial charge on any atom is -0.376 e. The van der Waals surface area contributed by atoms with Gasteiger partial charge in [0.1, 0.15) is 5.82 Å². The molecule has 0 aliphatic carbocycles. The first-order valence-electron chi connectivity index (χ1n) is 12.0. The van der Waals surface area contributed by atoms with Crippen LogP contribution in [0, 0.1) is 0 Å². The standard InChI is InChI=1S/C29H27N5O/c30-15-13-22-18-34(27-12-5-4-11-24(22)27)29-32-26-14-16-35-19-25(26)28(33-29)31-23-10-6-9-21(17-23)20-7-2-1-3-8-20/h1-12,17-18H,13-16,19,30H2,(H,31,32,33). The van der Waals surface area contributed by atoms with Gasteiger partial charge in [-0.3, -0.25) is 4.57 Å². The lowest BCUT2D eigenvalue weighted by Gasteiger charge is -2.21. The zero-order valence-electron chi connectivity index (χ0n) is 19.4. The Morgan fingerprint density at radius 3 is 2.63 bits per heavy atom. The van der Waals surface area contributed by atoms with Gasteiger partial charge in [-0.05, 0) is 47.9 Å². The normalized spacial score (nSPS) is 13.1. The number of ether oxygens (including phenoxy) is 1. The highest BCUT2D eigenvalue weighted by Crippen LogP contribution is 2.30. The van der Waals surface area contributed by atoms with Gasteiger partial charge in [0.05, 0.1) is 24.4 Å². The molecule has 5 aromatic rings. The number of nitrogens with zero attached hydrogens (tertiary/aromatic N) is 3. The van der Waals surface area contributed by atoms with E-state index in [4.69, 9.17) is 20.4 Å². The molecule has 3 aromatic carbocycles. The summed E-state index contributed by atoms with van der Waals surface area (Å²) in [6.07, 6.45) is 3.69. The molecule has 6 nitrogen and oxygen atoms in total. The quantitative estimate of drug-likeness (QED) is 0.354. The van der Waals surface area contributed by atoms with E-state index in [1.54, 1.807) is 0 Å². The Morgan fingerprint density at radius 2 is 1.74 bits per heavy atom. The van der Waals surface area contributed by atoms with Gasteiger partial charge < -0.3 is 15.8 Å². The molecule has 35 heavy (non-hydrogen) atoms. The van der Waals surface area contributed by atoms with Crippen LogP contribution >= 0.6 is 0 Å². The van der Waals surface area contributed by atoms with Crippen molar-refractivity contribution in [3.63, 3.8) is 0 Å². The van der Waals surface area contributed by atoms with Crippen LogP contribution in [0.4, 0.5) is 11.5 Å². The molecule has 0 fully saturated rings. The van der Waals surface area contributed by atoms with Gasteiger partial charge >= 0.3 is 0 Å². The van der Waals surface area contributed by atoms with Gasteiger partial charge in [-0.15, -0.1) is 0 Å². The molecule has 174 valence electrons. The molecule has 6 heteroatoms. The molecule has 1 aliphatic heterocycles. The molecule has 2 aromatic heterocycles. The maximum Gasteiger partial charge on any atom is 0.236 e. The van der Waals surface area contributed by atoms with Crippen LogP contribution in [-0.4, -0.2) is 27.7 Å². The summed E-state index contributed by atoms with van der Waals surface area (Å²) in [5, 5.41) is 4.76. The minimum absolute atomic E-state index is 0.501. The predicted molar refractivity (Wildman–Crippen MR) is 140 cm³/mol. The molecule has 3 heterocycles. The zero-order valence-corrected chi connectivity index (χ0v) is 19.4. The van der Waals surface area contributed by atoms with E-state index < -0.39 is 0 Å². The number of nitrogens with two attached hydrogens (primary N) is 1. The Bertz CT molecular complexity index is 1490. The van der Waals surface area contributed by atoms with Crippen LogP contribution < -0.4 is 11.1 Å². The maximum atomic E-state index is 5.89. The summed E-state index contributed by atoms with van der Waals surface area (Å²) in [5.41, 5.74) is 13.5. The summed E-state index contributed by atoms with van der Waals surface area (Å²) in [6, 6.07) is 27.1. The van der Waals surface area contributed by atoms with Crippen LogP contribution in [0.5, 0.6) is 0 Å². The van der Waals surface area contributed by atoms with Gasteiger partial charge in [0.2, 0.25) is 5.95 Å². The first kappa shape index (κ1) is 21.5. The Kier molecular flexibility index (Phi) is 5.74. The molecule has 0 spiro atoms. The summed E-state index contributed by atoms with van der Waals surface area (Å²) in [7, 11) is 0. The molecule has 1 aliphatic rings. The van der Waals surface area contributed by atoms with E-state index in [0.717, 1.165) is 46.7 Å².